The largest absolute Gasteiger partial charge is 0.370 e. The molecule has 114 valence electrons. The van der Waals surface area contributed by atoms with Crippen LogP contribution in [0.2, 0.25) is 0 Å². The van der Waals surface area contributed by atoms with Crippen molar-refractivity contribution in [2.45, 2.75) is 50.6 Å². The lowest BCUT2D eigenvalue weighted by atomic mass is 10.2. The molecule has 0 radical (unpaired) electrons. The Morgan fingerprint density at radius 3 is 2.52 bits per heavy atom. The molecule has 21 heavy (non-hydrogen) atoms. The Morgan fingerprint density at radius 1 is 1.29 bits per heavy atom. The van der Waals surface area contributed by atoms with Crippen LogP contribution in [0.1, 0.15) is 43.8 Å². The average molecular weight is 305 g/mol. The molecule has 0 fully saturated rings. The summed E-state index contributed by atoms with van der Waals surface area (Å²) in [4.78, 5) is 9.36. The second kappa shape index (κ2) is 6.47. The third kappa shape index (κ3) is 3.56. The molecule has 2 aromatic heterocycles. The van der Waals surface area contributed by atoms with Gasteiger partial charge < -0.3 is 5.32 Å². The molecule has 2 heterocycles. The Morgan fingerprint density at radius 2 is 2.00 bits per heavy atom. The van der Waals surface area contributed by atoms with Crippen molar-refractivity contribution in [3.63, 3.8) is 0 Å². The molecule has 0 aromatic carbocycles. The minimum Gasteiger partial charge on any atom is -0.370 e. The number of aromatic nitrogens is 4. The van der Waals surface area contributed by atoms with E-state index < -0.39 is 0 Å². The Bertz CT molecular complexity index is 633. The summed E-state index contributed by atoms with van der Waals surface area (Å²) in [5.74, 6) is 2.10. The quantitative estimate of drug-likeness (QED) is 0.856. The Hall–Kier alpha value is -1.56. The molecule has 0 amide bonds. The maximum Gasteiger partial charge on any atom is 0.134 e. The van der Waals surface area contributed by atoms with E-state index >= 15 is 0 Å². The maximum atomic E-state index is 4.73. The van der Waals surface area contributed by atoms with E-state index in [4.69, 9.17) is 4.98 Å². The van der Waals surface area contributed by atoms with Gasteiger partial charge >= 0.3 is 0 Å². The second-order valence-corrected chi connectivity index (χ2v) is 6.40. The molecule has 6 heteroatoms. The molecule has 0 spiro atoms. The predicted octanol–water partition coefficient (Wildman–Crippen LogP) is 3.53. The Balaban J connectivity index is 2.43. The number of aryl methyl sites for hydroxylation is 2. The lowest BCUT2D eigenvalue weighted by Gasteiger charge is -2.14. The summed E-state index contributed by atoms with van der Waals surface area (Å²) >= 11 is 1.64. The van der Waals surface area contributed by atoms with Crippen LogP contribution in [0.3, 0.4) is 0 Å². The van der Waals surface area contributed by atoms with Crippen LogP contribution in [0.5, 0.6) is 0 Å². The van der Waals surface area contributed by atoms with Crippen LogP contribution in [-0.4, -0.2) is 26.3 Å². The molecule has 2 rings (SSSR count). The highest BCUT2D eigenvalue weighted by Crippen LogP contribution is 2.32. The van der Waals surface area contributed by atoms with E-state index in [1.807, 2.05) is 18.7 Å². The van der Waals surface area contributed by atoms with Gasteiger partial charge in [0.05, 0.1) is 5.69 Å². The maximum absolute atomic E-state index is 4.73. The average Bonchev–Trinajstić information content (AvgIpc) is 2.72. The number of anilines is 1. The van der Waals surface area contributed by atoms with Crippen molar-refractivity contribution in [3.05, 3.63) is 23.1 Å². The molecule has 0 saturated heterocycles. The summed E-state index contributed by atoms with van der Waals surface area (Å²) in [6.45, 7) is 11.2. The van der Waals surface area contributed by atoms with E-state index in [1.165, 1.54) is 0 Å². The number of nitrogens with zero attached hydrogens (tertiary/aromatic N) is 4. The highest BCUT2D eigenvalue weighted by molar-refractivity contribution is 7.99. The zero-order valence-corrected chi connectivity index (χ0v) is 14.4. The van der Waals surface area contributed by atoms with E-state index in [0.29, 0.717) is 5.92 Å². The van der Waals surface area contributed by atoms with Crippen molar-refractivity contribution in [2.75, 3.05) is 11.9 Å². The van der Waals surface area contributed by atoms with Crippen LogP contribution >= 0.6 is 11.8 Å². The molecule has 0 atom stereocenters. The zero-order valence-electron chi connectivity index (χ0n) is 13.6. The van der Waals surface area contributed by atoms with Gasteiger partial charge in [0.15, 0.2) is 0 Å². The van der Waals surface area contributed by atoms with Gasteiger partial charge in [-0.05, 0) is 38.6 Å². The first-order valence-corrected chi connectivity index (χ1v) is 8.04. The summed E-state index contributed by atoms with van der Waals surface area (Å²) < 4.78 is 1.89. The van der Waals surface area contributed by atoms with E-state index in [0.717, 1.165) is 39.5 Å². The van der Waals surface area contributed by atoms with Gasteiger partial charge in [0, 0.05) is 25.1 Å². The van der Waals surface area contributed by atoms with Crippen LogP contribution in [-0.2, 0) is 7.05 Å². The summed E-state index contributed by atoms with van der Waals surface area (Å²) in [6, 6.07) is 2.08. The normalized spacial score (nSPS) is 11.2. The van der Waals surface area contributed by atoms with E-state index in [2.05, 4.69) is 49.2 Å². The molecule has 0 aliphatic heterocycles. The fraction of sp³-hybridized carbons (Fsp3) is 0.533. The van der Waals surface area contributed by atoms with Gasteiger partial charge in [-0.3, -0.25) is 4.68 Å². The molecule has 5 nitrogen and oxygen atoms in total. The highest BCUT2D eigenvalue weighted by atomic mass is 32.2. The fourth-order valence-corrected chi connectivity index (χ4v) is 2.98. The third-order valence-electron chi connectivity index (χ3n) is 3.14. The van der Waals surface area contributed by atoms with Crippen molar-refractivity contribution >= 4 is 17.6 Å². The van der Waals surface area contributed by atoms with Crippen LogP contribution in [0, 0.1) is 13.8 Å². The number of rotatable bonds is 5. The van der Waals surface area contributed by atoms with E-state index in [9.17, 15) is 0 Å². The zero-order chi connectivity index (χ0) is 15.6. The van der Waals surface area contributed by atoms with Crippen molar-refractivity contribution in [3.8, 4) is 0 Å². The first-order chi connectivity index (χ1) is 9.92. The molecule has 0 aliphatic rings. The number of hydrogen-bond acceptors (Lipinski definition) is 5. The van der Waals surface area contributed by atoms with Gasteiger partial charge in [0.1, 0.15) is 21.7 Å². The Kier molecular flexibility index (Phi) is 4.88. The lowest BCUT2D eigenvalue weighted by molar-refractivity contribution is 0.690. The van der Waals surface area contributed by atoms with Gasteiger partial charge in [-0.25, -0.2) is 9.97 Å². The molecule has 0 unspecified atom stereocenters. The van der Waals surface area contributed by atoms with Crippen LogP contribution in [0.15, 0.2) is 16.1 Å². The van der Waals surface area contributed by atoms with Crippen LogP contribution in [0.4, 0.5) is 5.82 Å². The van der Waals surface area contributed by atoms with E-state index in [1.54, 1.807) is 11.8 Å². The van der Waals surface area contributed by atoms with Gasteiger partial charge in [0.2, 0.25) is 0 Å². The van der Waals surface area contributed by atoms with Crippen molar-refractivity contribution in [1.29, 1.82) is 0 Å². The fourth-order valence-electron chi connectivity index (χ4n) is 1.99. The van der Waals surface area contributed by atoms with Gasteiger partial charge in [0.25, 0.3) is 0 Å². The standard InChI is InChI=1S/C15H23N5S/c1-7-16-14-11(5)15(18-13(17-14)9(2)3)21-12-8-10(4)19-20(12)6/h8-9H,7H2,1-6H3,(H,16,17,18). The SMILES string of the molecule is CCNc1nc(C(C)C)nc(Sc2cc(C)nn2C)c1C. The molecule has 2 aromatic rings. The van der Waals surface area contributed by atoms with Crippen LogP contribution < -0.4 is 5.32 Å². The van der Waals surface area contributed by atoms with E-state index in [-0.39, 0.29) is 0 Å². The summed E-state index contributed by atoms with van der Waals surface area (Å²) in [5, 5.41) is 9.80. The highest BCUT2D eigenvalue weighted by Gasteiger charge is 2.15. The van der Waals surface area contributed by atoms with Crippen LogP contribution in [0.25, 0.3) is 0 Å². The molecular weight excluding hydrogens is 282 g/mol. The summed E-state index contributed by atoms with van der Waals surface area (Å²) in [5.41, 5.74) is 2.10. The monoisotopic (exact) mass is 305 g/mol. The van der Waals surface area contributed by atoms with Gasteiger partial charge in [-0.15, -0.1) is 0 Å². The van der Waals surface area contributed by atoms with Gasteiger partial charge in [-0.2, -0.15) is 5.10 Å². The molecule has 1 N–H and O–H groups in total. The third-order valence-corrected chi connectivity index (χ3v) is 4.32. The minimum atomic E-state index is 0.302. The number of nitrogens with one attached hydrogen (secondary N) is 1. The summed E-state index contributed by atoms with van der Waals surface area (Å²) in [7, 11) is 1.96. The smallest absolute Gasteiger partial charge is 0.134 e. The van der Waals surface area contributed by atoms with Crippen molar-refractivity contribution < 1.29 is 0 Å². The second-order valence-electron chi connectivity index (χ2n) is 5.40. The minimum absolute atomic E-state index is 0.302. The summed E-state index contributed by atoms with van der Waals surface area (Å²) in [6.07, 6.45) is 0. The molecular formula is C15H23N5S. The number of hydrogen-bond donors (Lipinski definition) is 1. The Labute approximate surface area is 130 Å². The van der Waals surface area contributed by atoms with Crippen molar-refractivity contribution in [1.82, 2.24) is 19.7 Å². The molecule has 0 bridgehead atoms. The first kappa shape index (κ1) is 15.8. The lowest BCUT2D eigenvalue weighted by Crippen LogP contribution is -2.08. The van der Waals surface area contributed by atoms with Crippen molar-refractivity contribution in [2.24, 2.45) is 7.05 Å². The first-order valence-electron chi connectivity index (χ1n) is 7.23. The molecule has 0 saturated carbocycles. The topological polar surface area (TPSA) is 55.6 Å². The molecule has 0 aliphatic carbocycles. The predicted molar refractivity (Wildman–Crippen MR) is 87.1 cm³/mol. The van der Waals surface area contributed by atoms with Gasteiger partial charge in [-0.1, -0.05) is 13.8 Å².